The van der Waals surface area contributed by atoms with Crippen molar-refractivity contribution in [3.05, 3.63) is 18.0 Å². The van der Waals surface area contributed by atoms with Gasteiger partial charge in [-0.05, 0) is 32.3 Å². The molecular formula is C15H26N2O2. The molecule has 1 aromatic heterocycles. The zero-order chi connectivity index (χ0) is 13.9. The van der Waals surface area contributed by atoms with Crippen LogP contribution in [0.2, 0.25) is 0 Å². The molecule has 1 fully saturated rings. The van der Waals surface area contributed by atoms with Gasteiger partial charge in [0.2, 0.25) is 0 Å². The van der Waals surface area contributed by atoms with Gasteiger partial charge in [0, 0.05) is 24.6 Å². The second-order valence-corrected chi connectivity index (χ2v) is 5.72. The first-order valence-corrected chi connectivity index (χ1v) is 7.41. The van der Waals surface area contributed by atoms with Crippen LogP contribution in [0.15, 0.2) is 12.3 Å². The van der Waals surface area contributed by atoms with Gasteiger partial charge in [-0.25, -0.2) is 0 Å². The maximum Gasteiger partial charge on any atom is 0.0632 e. The Bertz CT molecular complexity index is 401. The monoisotopic (exact) mass is 266 g/mol. The van der Waals surface area contributed by atoms with Gasteiger partial charge < -0.3 is 9.84 Å². The van der Waals surface area contributed by atoms with Gasteiger partial charge in [-0.1, -0.05) is 13.8 Å². The van der Waals surface area contributed by atoms with E-state index in [1.807, 2.05) is 0 Å². The summed E-state index contributed by atoms with van der Waals surface area (Å²) in [5.41, 5.74) is 0.922. The quantitative estimate of drug-likeness (QED) is 0.861. The van der Waals surface area contributed by atoms with E-state index in [0.717, 1.165) is 38.0 Å². The molecule has 1 N–H and O–H groups in total. The smallest absolute Gasteiger partial charge is 0.0632 e. The van der Waals surface area contributed by atoms with Gasteiger partial charge in [0.15, 0.2) is 0 Å². The molecule has 0 amide bonds. The van der Waals surface area contributed by atoms with Gasteiger partial charge in [0.25, 0.3) is 0 Å². The van der Waals surface area contributed by atoms with Gasteiger partial charge in [0.1, 0.15) is 0 Å². The number of nitrogens with zero attached hydrogens (tertiary/aromatic N) is 2. The Kier molecular flexibility index (Phi) is 4.63. The zero-order valence-corrected chi connectivity index (χ0v) is 12.3. The molecule has 2 rings (SSSR count). The molecule has 0 aliphatic carbocycles. The minimum absolute atomic E-state index is 0.107. The fraction of sp³-hybridized carbons (Fsp3) is 0.800. The van der Waals surface area contributed by atoms with Crippen LogP contribution in [0.3, 0.4) is 0 Å². The molecule has 2 unspecified atom stereocenters. The Morgan fingerprint density at radius 1 is 1.53 bits per heavy atom. The summed E-state index contributed by atoms with van der Waals surface area (Å²) in [4.78, 5) is 0. The van der Waals surface area contributed by atoms with Gasteiger partial charge in [0.05, 0.1) is 24.4 Å². The zero-order valence-electron chi connectivity index (χ0n) is 12.3. The predicted molar refractivity (Wildman–Crippen MR) is 75.1 cm³/mol. The molecule has 0 bridgehead atoms. The normalized spacial score (nSPS) is 27.3. The lowest BCUT2D eigenvalue weighted by Crippen LogP contribution is -2.35. The van der Waals surface area contributed by atoms with Crippen LogP contribution in [0, 0.1) is 5.41 Å². The average molecular weight is 266 g/mol. The van der Waals surface area contributed by atoms with E-state index < -0.39 is 0 Å². The topological polar surface area (TPSA) is 47.3 Å². The van der Waals surface area contributed by atoms with Crippen LogP contribution in [-0.2, 0) is 11.2 Å². The number of aliphatic hydroxyl groups excluding tert-OH is 1. The van der Waals surface area contributed by atoms with Crippen LogP contribution in [0.25, 0.3) is 0 Å². The number of rotatable bonds is 6. The molecule has 1 aliphatic rings. The molecule has 108 valence electrons. The van der Waals surface area contributed by atoms with Crippen LogP contribution in [0.4, 0.5) is 0 Å². The molecule has 2 heterocycles. The molecule has 0 radical (unpaired) electrons. The van der Waals surface area contributed by atoms with Crippen molar-refractivity contribution in [1.29, 1.82) is 0 Å². The van der Waals surface area contributed by atoms with E-state index >= 15 is 0 Å². The number of hydrogen-bond acceptors (Lipinski definition) is 3. The Morgan fingerprint density at radius 2 is 2.26 bits per heavy atom. The highest BCUT2D eigenvalue weighted by molar-refractivity contribution is 5.06. The standard InChI is InChI=1S/C15H26N2O2/c1-4-14(5-2)17-8-6-13(16-17)10-15(11-18)7-9-19-12(15)3/h6,8,12,14,18H,4-5,7,9-11H2,1-3H3. The number of ether oxygens (including phenoxy) is 1. The first-order valence-electron chi connectivity index (χ1n) is 7.41. The van der Waals surface area contributed by atoms with E-state index in [0.29, 0.717) is 6.04 Å². The third-order valence-corrected chi connectivity index (χ3v) is 4.66. The van der Waals surface area contributed by atoms with E-state index in [9.17, 15) is 5.11 Å². The van der Waals surface area contributed by atoms with Crippen molar-refractivity contribution < 1.29 is 9.84 Å². The highest BCUT2D eigenvalue weighted by Crippen LogP contribution is 2.37. The Hall–Kier alpha value is -0.870. The molecule has 1 saturated heterocycles. The summed E-state index contributed by atoms with van der Waals surface area (Å²) in [6, 6.07) is 2.57. The lowest BCUT2D eigenvalue weighted by molar-refractivity contribution is 0.0265. The van der Waals surface area contributed by atoms with Crippen LogP contribution < -0.4 is 0 Å². The molecule has 0 spiro atoms. The van der Waals surface area contributed by atoms with Crippen molar-refractivity contribution >= 4 is 0 Å². The van der Waals surface area contributed by atoms with Crippen LogP contribution in [-0.4, -0.2) is 34.2 Å². The summed E-state index contributed by atoms with van der Waals surface area (Å²) in [7, 11) is 0. The van der Waals surface area contributed by atoms with E-state index in [1.54, 1.807) is 0 Å². The lowest BCUT2D eigenvalue weighted by atomic mass is 9.78. The molecule has 1 aliphatic heterocycles. The number of aliphatic hydroxyl groups is 1. The minimum atomic E-state index is -0.146. The maximum atomic E-state index is 9.74. The molecule has 4 heteroatoms. The SMILES string of the molecule is CCC(CC)n1ccc(CC2(CO)CCOC2C)n1. The van der Waals surface area contributed by atoms with E-state index in [-0.39, 0.29) is 18.1 Å². The van der Waals surface area contributed by atoms with Crippen molar-refractivity contribution in [2.24, 2.45) is 5.41 Å². The first kappa shape index (κ1) is 14.5. The summed E-state index contributed by atoms with van der Waals surface area (Å²) in [5, 5.41) is 14.4. The summed E-state index contributed by atoms with van der Waals surface area (Å²) >= 11 is 0. The summed E-state index contributed by atoms with van der Waals surface area (Å²) < 4.78 is 7.70. The molecule has 1 aromatic rings. The van der Waals surface area contributed by atoms with E-state index in [2.05, 4.69) is 37.7 Å². The molecule has 0 saturated carbocycles. The summed E-state index contributed by atoms with van der Waals surface area (Å²) in [6.45, 7) is 7.36. The van der Waals surface area contributed by atoms with Crippen LogP contribution in [0.5, 0.6) is 0 Å². The lowest BCUT2D eigenvalue weighted by Gasteiger charge is -2.29. The first-order chi connectivity index (χ1) is 9.15. The Morgan fingerprint density at radius 3 is 2.79 bits per heavy atom. The number of aromatic nitrogens is 2. The van der Waals surface area contributed by atoms with Crippen molar-refractivity contribution in [3.63, 3.8) is 0 Å². The van der Waals surface area contributed by atoms with E-state index in [1.165, 1.54) is 0 Å². The molecule has 19 heavy (non-hydrogen) atoms. The van der Waals surface area contributed by atoms with Gasteiger partial charge in [-0.15, -0.1) is 0 Å². The van der Waals surface area contributed by atoms with Gasteiger partial charge >= 0.3 is 0 Å². The van der Waals surface area contributed by atoms with Crippen molar-refractivity contribution in [2.75, 3.05) is 13.2 Å². The minimum Gasteiger partial charge on any atom is -0.396 e. The molecule has 2 atom stereocenters. The average Bonchev–Trinajstić information content (AvgIpc) is 3.00. The second-order valence-electron chi connectivity index (χ2n) is 5.72. The molecule has 0 aromatic carbocycles. The largest absolute Gasteiger partial charge is 0.396 e. The highest BCUT2D eigenvalue weighted by Gasteiger charge is 2.41. The van der Waals surface area contributed by atoms with Crippen molar-refractivity contribution in [1.82, 2.24) is 9.78 Å². The summed E-state index contributed by atoms with van der Waals surface area (Å²) in [5.74, 6) is 0. The molecule has 4 nitrogen and oxygen atoms in total. The Labute approximate surface area is 115 Å². The Balaban J connectivity index is 2.11. The van der Waals surface area contributed by atoms with Crippen LogP contribution >= 0.6 is 0 Å². The van der Waals surface area contributed by atoms with E-state index in [4.69, 9.17) is 9.84 Å². The van der Waals surface area contributed by atoms with Crippen molar-refractivity contribution in [2.45, 2.75) is 58.6 Å². The fourth-order valence-corrected chi connectivity index (χ4v) is 3.01. The van der Waals surface area contributed by atoms with Crippen molar-refractivity contribution in [3.8, 4) is 0 Å². The third kappa shape index (κ3) is 2.84. The number of hydrogen-bond donors (Lipinski definition) is 1. The van der Waals surface area contributed by atoms with Crippen LogP contribution in [0.1, 0.15) is 51.8 Å². The molecular weight excluding hydrogens is 240 g/mol. The van der Waals surface area contributed by atoms with Gasteiger partial charge in [-0.3, -0.25) is 4.68 Å². The summed E-state index contributed by atoms with van der Waals surface area (Å²) in [6.07, 6.45) is 6.10. The fourth-order valence-electron chi connectivity index (χ4n) is 3.01. The van der Waals surface area contributed by atoms with Gasteiger partial charge in [-0.2, -0.15) is 5.10 Å². The maximum absolute atomic E-state index is 9.74. The highest BCUT2D eigenvalue weighted by atomic mass is 16.5. The predicted octanol–water partition coefficient (Wildman–Crippen LogP) is 2.57. The third-order valence-electron chi connectivity index (χ3n) is 4.66. The second kappa shape index (κ2) is 6.06.